The fraction of sp³-hybridized carbons (Fsp3) is 0.167. The second-order valence-corrected chi connectivity index (χ2v) is 7.30. The fourth-order valence-electron chi connectivity index (χ4n) is 3.79. The van der Waals surface area contributed by atoms with Gasteiger partial charge in [-0.1, -0.05) is 6.07 Å². The van der Waals surface area contributed by atoms with Crippen LogP contribution in [0, 0.1) is 5.82 Å². The number of ether oxygens (including phenoxy) is 2. The molecular formula is C24H22FN3O4. The summed E-state index contributed by atoms with van der Waals surface area (Å²) >= 11 is 0. The molecule has 8 heteroatoms. The zero-order chi connectivity index (χ0) is 22.8. The Bertz CT molecular complexity index is 1220. The Morgan fingerprint density at radius 1 is 1.19 bits per heavy atom. The minimum absolute atomic E-state index is 0.0824. The summed E-state index contributed by atoms with van der Waals surface area (Å²) in [6, 6.07) is 7.99. The van der Waals surface area contributed by atoms with Crippen molar-refractivity contribution in [2.45, 2.75) is 6.92 Å². The van der Waals surface area contributed by atoms with E-state index in [4.69, 9.17) is 9.47 Å². The number of carbonyl (C=O) groups excluding carboxylic acids is 1. The Morgan fingerprint density at radius 2 is 1.91 bits per heavy atom. The SMILES string of the molecule is COc1cc(C=C2C(C)=C(CNC(=O)c3cn[nH]c3)c3cc(F)ccc32)cc(OC)c1O. The number of nitrogens with zero attached hydrogens (tertiary/aromatic N) is 1. The van der Waals surface area contributed by atoms with Crippen molar-refractivity contribution in [3.63, 3.8) is 0 Å². The van der Waals surface area contributed by atoms with E-state index in [1.54, 1.807) is 18.2 Å². The number of rotatable bonds is 6. The maximum atomic E-state index is 14.1. The van der Waals surface area contributed by atoms with Gasteiger partial charge in [0.15, 0.2) is 11.5 Å². The number of carbonyl (C=O) groups is 1. The van der Waals surface area contributed by atoms with Crippen LogP contribution in [-0.2, 0) is 0 Å². The highest BCUT2D eigenvalue weighted by molar-refractivity contribution is 6.06. The molecule has 2 aromatic carbocycles. The Hall–Kier alpha value is -4.07. The van der Waals surface area contributed by atoms with Gasteiger partial charge in [0.1, 0.15) is 5.82 Å². The lowest BCUT2D eigenvalue weighted by atomic mass is 10.00. The number of nitrogens with one attached hydrogen (secondary N) is 2. The number of hydrogen-bond acceptors (Lipinski definition) is 5. The summed E-state index contributed by atoms with van der Waals surface area (Å²) in [5, 5.41) is 19.4. The predicted molar refractivity (Wildman–Crippen MR) is 119 cm³/mol. The van der Waals surface area contributed by atoms with Crippen molar-refractivity contribution in [3.05, 3.63) is 76.4 Å². The first-order chi connectivity index (χ1) is 15.4. The molecule has 0 bridgehead atoms. The molecule has 0 spiro atoms. The lowest BCUT2D eigenvalue weighted by molar-refractivity contribution is 0.0958. The standard InChI is InChI=1S/C24H22FN3O4/c1-13-18(6-14-7-21(31-2)23(29)22(8-14)32-3)17-5-4-16(25)9-19(17)20(13)12-26-24(30)15-10-27-28-11-15/h4-11,29H,12H2,1-3H3,(H,26,30)(H,27,28). The summed E-state index contributed by atoms with van der Waals surface area (Å²) in [4.78, 5) is 12.4. The molecule has 0 atom stereocenters. The molecule has 0 saturated heterocycles. The zero-order valence-corrected chi connectivity index (χ0v) is 17.8. The summed E-state index contributed by atoms with van der Waals surface area (Å²) in [6.45, 7) is 2.16. The van der Waals surface area contributed by atoms with E-state index in [0.717, 1.165) is 33.4 Å². The molecule has 1 heterocycles. The summed E-state index contributed by atoms with van der Waals surface area (Å²) in [7, 11) is 2.93. The first kappa shape index (κ1) is 21.2. The second kappa shape index (κ2) is 8.58. The van der Waals surface area contributed by atoms with Crippen LogP contribution in [0.1, 0.15) is 34.0 Å². The highest BCUT2D eigenvalue weighted by Gasteiger charge is 2.25. The van der Waals surface area contributed by atoms with Crippen LogP contribution in [-0.4, -0.2) is 42.0 Å². The van der Waals surface area contributed by atoms with Gasteiger partial charge in [0.25, 0.3) is 5.91 Å². The van der Waals surface area contributed by atoms with Crippen molar-refractivity contribution in [3.8, 4) is 17.2 Å². The third kappa shape index (κ3) is 3.82. The Morgan fingerprint density at radius 3 is 2.53 bits per heavy atom. The molecule has 1 aliphatic carbocycles. The van der Waals surface area contributed by atoms with Gasteiger partial charge < -0.3 is 19.9 Å². The van der Waals surface area contributed by atoms with Crippen LogP contribution in [0.25, 0.3) is 17.2 Å². The topological polar surface area (TPSA) is 96.5 Å². The van der Waals surface area contributed by atoms with Gasteiger partial charge in [-0.25, -0.2) is 4.39 Å². The maximum Gasteiger partial charge on any atom is 0.254 e. The number of aromatic nitrogens is 2. The number of H-pyrrole nitrogens is 1. The predicted octanol–water partition coefficient (Wildman–Crippen LogP) is 4.03. The monoisotopic (exact) mass is 435 g/mol. The number of fused-ring (bicyclic) bond motifs is 1. The van der Waals surface area contributed by atoms with Crippen LogP contribution in [0.5, 0.6) is 17.2 Å². The number of allylic oxidation sites excluding steroid dienone is 2. The maximum absolute atomic E-state index is 14.1. The van der Waals surface area contributed by atoms with Gasteiger partial charge in [-0.05, 0) is 70.7 Å². The number of phenolic OH excluding ortho intramolecular Hbond substituents is 1. The second-order valence-electron chi connectivity index (χ2n) is 7.30. The van der Waals surface area contributed by atoms with E-state index in [9.17, 15) is 14.3 Å². The first-order valence-corrected chi connectivity index (χ1v) is 9.87. The summed E-state index contributed by atoms with van der Waals surface area (Å²) in [5.74, 6) is -0.154. The van der Waals surface area contributed by atoms with Crippen molar-refractivity contribution in [2.75, 3.05) is 20.8 Å². The highest BCUT2D eigenvalue weighted by Crippen LogP contribution is 2.44. The molecule has 4 rings (SSSR count). The molecule has 164 valence electrons. The van der Waals surface area contributed by atoms with Crippen LogP contribution in [0.15, 0.2) is 48.3 Å². The third-order valence-corrected chi connectivity index (χ3v) is 5.45. The molecule has 1 aliphatic rings. The van der Waals surface area contributed by atoms with Gasteiger partial charge in [-0.3, -0.25) is 9.89 Å². The number of amides is 1. The highest BCUT2D eigenvalue weighted by atomic mass is 19.1. The minimum atomic E-state index is -0.357. The smallest absolute Gasteiger partial charge is 0.254 e. The van der Waals surface area contributed by atoms with E-state index in [1.807, 2.05) is 13.0 Å². The quantitative estimate of drug-likeness (QED) is 0.543. The van der Waals surface area contributed by atoms with Gasteiger partial charge >= 0.3 is 0 Å². The average molecular weight is 435 g/mol. The number of phenols is 1. The molecule has 0 fully saturated rings. The van der Waals surface area contributed by atoms with Gasteiger partial charge in [0.05, 0.1) is 26.0 Å². The van der Waals surface area contributed by atoms with Crippen molar-refractivity contribution in [1.29, 1.82) is 0 Å². The van der Waals surface area contributed by atoms with Crippen LogP contribution in [0.2, 0.25) is 0 Å². The third-order valence-electron chi connectivity index (χ3n) is 5.45. The van der Waals surface area contributed by atoms with E-state index >= 15 is 0 Å². The van der Waals surface area contributed by atoms with Crippen LogP contribution in [0.4, 0.5) is 4.39 Å². The summed E-state index contributed by atoms with van der Waals surface area (Å²) in [5.41, 5.74) is 5.33. The first-order valence-electron chi connectivity index (χ1n) is 9.87. The number of aromatic amines is 1. The number of aromatic hydroxyl groups is 1. The fourth-order valence-corrected chi connectivity index (χ4v) is 3.79. The van der Waals surface area contributed by atoms with E-state index in [-0.39, 0.29) is 35.5 Å². The molecule has 3 aromatic rings. The average Bonchev–Trinajstić information content (AvgIpc) is 3.41. The molecule has 7 nitrogen and oxygen atoms in total. The number of benzene rings is 2. The number of halogens is 1. The van der Waals surface area contributed by atoms with Gasteiger partial charge in [-0.2, -0.15) is 5.10 Å². The van der Waals surface area contributed by atoms with Crippen molar-refractivity contribution < 1.29 is 23.8 Å². The van der Waals surface area contributed by atoms with Crippen molar-refractivity contribution in [2.24, 2.45) is 0 Å². The Kier molecular flexibility index (Phi) is 5.68. The van der Waals surface area contributed by atoms with Crippen LogP contribution < -0.4 is 14.8 Å². The summed E-state index contributed by atoms with van der Waals surface area (Å²) < 4.78 is 24.6. The van der Waals surface area contributed by atoms with E-state index in [0.29, 0.717) is 5.56 Å². The Labute approximate surface area is 184 Å². The molecule has 0 saturated carbocycles. The van der Waals surface area contributed by atoms with Gasteiger partial charge in [-0.15, -0.1) is 0 Å². The van der Waals surface area contributed by atoms with Crippen LogP contribution in [0.3, 0.4) is 0 Å². The number of hydrogen-bond donors (Lipinski definition) is 3. The molecule has 0 unspecified atom stereocenters. The van der Waals surface area contributed by atoms with E-state index in [2.05, 4.69) is 15.5 Å². The molecule has 1 aromatic heterocycles. The zero-order valence-electron chi connectivity index (χ0n) is 17.8. The van der Waals surface area contributed by atoms with Gasteiger partial charge in [0, 0.05) is 12.7 Å². The molecule has 0 aliphatic heterocycles. The van der Waals surface area contributed by atoms with Crippen molar-refractivity contribution in [1.82, 2.24) is 15.5 Å². The van der Waals surface area contributed by atoms with Gasteiger partial charge in [0.2, 0.25) is 5.75 Å². The van der Waals surface area contributed by atoms with Crippen LogP contribution >= 0.6 is 0 Å². The Balaban J connectivity index is 1.75. The van der Waals surface area contributed by atoms with E-state index in [1.165, 1.54) is 38.7 Å². The molecule has 1 amide bonds. The normalized spacial score (nSPS) is 13.9. The summed E-state index contributed by atoms with van der Waals surface area (Å²) in [6.07, 6.45) is 4.87. The largest absolute Gasteiger partial charge is 0.502 e. The molecule has 0 radical (unpaired) electrons. The lowest BCUT2D eigenvalue weighted by Crippen LogP contribution is -2.24. The lowest BCUT2D eigenvalue weighted by Gasteiger charge is -2.11. The van der Waals surface area contributed by atoms with Crippen molar-refractivity contribution >= 4 is 23.1 Å². The molecular weight excluding hydrogens is 413 g/mol. The molecule has 3 N–H and O–H groups in total. The minimum Gasteiger partial charge on any atom is -0.502 e. The van der Waals surface area contributed by atoms with E-state index < -0.39 is 0 Å². The number of methoxy groups -OCH3 is 2. The molecule has 32 heavy (non-hydrogen) atoms.